The van der Waals surface area contributed by atoms with Gasteiger partial charge in [0.2, 0.25) is 5.91 Å². The van der Waals surface area contributed by atoms with Crippen LogP contribution in [0, 0.1) is 0 Å². The van der Waals surface area contributed by atoms with Crippen LogP contribution >= 0.6 is 0 Å². The molecule has 5 nitrogen and oxygen atoms in total. The number of carbonyl (C=O) groups is 1. The highest BCUT2D eigenvalue weighted by Crippen LogP contribution is 1.94. The minimum Gasteiger partial charge on any atom is -0.352 e. The molecule has 0 rings (SSSR count). The van der Waals surface area contributed by atoms with Crippen LogP contribution in [0.25, 0.3) is 10.4 Å². The fourth-order valence-corrected chi connectivity index (χ4v) is 0.935. The van der Waals surface area contributed by atoms with E-state index in [9.17, 15) is 4.79 Å². The number of hydrogen-bond acceptors (Lipinski definition) is 2. The molecule has 0 aromatic rings. The van der Waals surface area contributed by atoms with Gasteiger partial charge >= 0.3 is 0 Å². The van der Waals surface area contributed by atoms with Crippen molar-refractivity contribution in [2.24, 2.45) is 5.11 Å². The van der Waals surface area contributed by atoms with Gasteiger partial charge in [0.1, 0.15) is 0 Å². The van der Waals surface area contributed by atoms with Gasteiger partial charge in [-0.1, -0.05) is 18.1 Å². The van der Waals surface area contributed by atoms with E-state index in [1.165, 1.54) is 0 Å². The number of nitrogens with one attached hydrogen (secondary N) is 1. The Kier molecular flexibility index (Phi) is 7.27. The van der Waals surface area contributed by atoms with E-state index in [4.69, 9.17) is 5.53 Å². The monoisotopic (exact) mass is 196 g/mol. The molecule has 0 heterocycles. The molecule has 0 aromatic heterocycles. The third kappa shape index (κ3) is 6.08. The summed E-state index contributed by atoms with van der Waals surface area (Å²) >= 11 is 0. The first kappa shape index (κ1) is 12.5. The zero-order valence-electron chi connectivity index (χ0n) is 8.66. The van der Waals surface area contributed by atoms with Gasteiger partial charge in [0, 0.05) is 23.6 Å². The average Bonchev–Trinajstić information content (AvgIpc) is 2.17. The molecule has 0 saturated carbocycles. The van der Waals surface area contributed by atoms with Crippen LogP contribution in [0.3, 0.4) is 0 Å². The lowest BCUT2D eigenvalue weighted by atomic mass is 10.2. The normalized spacial score (nSPS) is 10.6. The van der Waals surface area contributed by atoms with Crippen molar-refractivity contribution in [3.8, 4) is 0 Å². The molecule has 0 saturated heterocycles. The molecule has 0 radical (unpaired) electrons. The van der Waals surface area contributed by atoms with E-state index in [1.54, 1.807) is 6.92 Å². The minimum absolute atomic E-state index is 0.0483. The summed E-state index contributed by atoms with van der Waals surface area (Å²) in [6.07, 6.45) is 3.41. The zero-order chi connectivity index (χ0) is 10.8. The van der Waals surface area contributed by atoms with Gasteiger partial charge in [-0.25, -0.2) is 0 Å². The van der Waals surface area contributed by atoms with Crippen LogP contribution in [0.15, 0.2) is 16.8 Å². The number of nitrogens with zero attached hydrogens (tertiary/aromatic N) is 3. The second-order valence-corrected chi connectivity index (χ2v) is 2.86. The van der Waals surface area contributed by atoms with Gasteiger partial charge in [-0.05, 0) is 25.3 Å². The molecule has 0 atom stereocenters. The van der Waals surface area contributed by atoms with Crippen LogP contribution < -0.4 is 5.32 Å². The Hall–Kier alpha value is -1.48. The zero-order valence-corrected chi connectivity index (χ0v) is 8.66. The fraction of sp³-hybridized carbons (Fsp3) is 0.667. The standard InChI is InChI=1S/C9H16N4O/c1-3-5-8(2)9(14)11-6-4-7-12-13-10/h5H,3-4,6-7H2,1-2H3,(H,11,14). The Morgan fingerprint density at radius 2 is 2.36 bits per heavy atom. The topological polar surface area (TPSA) is 77.9 Å². The lowest BCUT2D eigenvalue weighted by Crippen LogP contribution is -2.25. The van der Waals surface area contributed by atoms with Crippen LogP contribution in [0.4, 0.5) is 0 Å². The molecule has 0 fully saturated rings. The molecule has 1 N–H and O–H groups in total. The summed E-state index contributed by atoms with van der Waals surface area (Å²) in [6, 6.07) is 0. The van der Waals surface area contributed by atoms with Gasteiger partial charge in [-0.15, -0.1) is 0 Å². The van der Waals surface area contributed by atoms with Crippen LogP contribution in [-0.4, -0.2) is 19.0 Å². The van der Waals surface area contributed by atoms with Crippen molar-refractivity contribution in [3.05, 3.63) is 22.1 Å². The molecule has 0 aliphatic heterocycles. The summed E-state index contributed by atoms with van der Waals surface area (Å²) in [4.78, 5) is 13.9. The summed E-state index contributed by atoms with van der Waals surface area (Å²) in [6.45, 7) is 4.74. The molecule has 0 spiro atoms. The highest BCUT2D eigenvalue weighted by molar-refractivity contribution is 5.92. The van der Waals surface area contributed by atoms with Crippen molar-refractivity contribution >= 4 is 5.91 Å². The predicted octanol–water partition coefficient (Wildman–Crippen LogP) is 2.16. The molecule has 0 unspecified atom stereocenters. The second-order valence-electron chi connectivity index (χ2n) is 2.86. The van der Waals surface area contributed by atoms with E-state index >= 15 is 0 Å². The predicted molar refractivity (Wildman–Crippen MR) is 55.7 cm³/mol. The molecule has 14 heavy (non-hydrogen) atoms. The van der Waals surface area contributed by atoms with Crippen LogP contribution in [0.2, 0.25) is 0 Å². The smallest absolute Gasteiger partial charge is 0.246 e. The summed E-state index contributed by atoms with van der Waals surface area (Å²) in [5.41, 5.74) is 8.73. The largest absolute Gasteiger partial charge is 0.352 e. The van der Waals surface area contributed by atoms with Crippen molar-refractivity contribution in [3.63, 3.8) is 0 Å². The fourth-order valence-electron chi connectivity index (χ4n) is 0.935. The van der Waals surface area contributed by atoms with E-state index in [0.29, 0.717) is 19.5 Å². The Balaban J connectivity index is 3.63. The van der Waals surface area contributed by atoms with Crippen LogP contribution in [0.5, 0.6) is 0 Å². The summed E-state index contributed by atoms with van der Waals surface area (Å²) in [7, 11) is 0. The van der Waals surface area contributed by atoms with Crippen molar-refractivity contribution in [2.75, 3.05) is 13.1 Å². The molecular formula is C9H16N4O. The maximum Gasteiger partial charge on any atom is 0.246 e. The number of azide groups is 1. The van der Waals surface area contributed by atoms with Gasteiger partial charge in [0.15, 0.2) is 0 Å². The third-order valence-corrected chi connectivity index (χ3v) is 1.65. The van der Waals surface area contributed by atoms with E-state index in [-0.39, 0.29) is 5.91 Å². The van der Waals surface area contributed by atoms with Gasteiger partial charge < -0.3 is 5.32 Å². The molecule has 78 valence electrons. The van der Waals surface area contributed by atoms with Crippen molar-refractivity contribution in [1.82, 2.24) is 5.32 Å². The van der Waals surface area contributed by atoms with Crippen molar-refractivity contribution in [1.29, 1.82) is 0 Å². The molecule has 0 aromatic carbocycles. The van der Waals surface area contributed by atoms with Crippen LogP contribution in [0.1, 0.15) is 26.7 Å². The van der Waals surface area contributed by atoms with Crippen LogP contribution in [-0.2, 0) is 4.79 Å². The molecule has 0 aliphatic carbocycles. The SMILES string of the molecule is CCC=C(C)C(=O)NCCCN=[N+]=[N-]. The minimum atomic E-state index is -0.0483. The van der Waals surface area contributed by atoms with Gasteiger partial charge in [0.05, 0.1) is 0 Å². The number of hydrogen-bond donors (Lipinski definition) is 1. The highest BCUT2D eigenvalue weighted by Gasteiger charge is 2.00. The first-order valence-corrected chi connectivity index (χ1v) is 4.68. The summed E-state index contributed by atoms with van der Waals surface area (Å²) < 4.78 is 0. The third-order valence-electron chi connectivity index (χ3n) is 1.65. The second kappa shape index (κ2) is 8.13. The maximum absolute atomic E-state index is 11.3. The Morgan fingerprint density at radius 1 is 1.64 bits per heavy atom. The molecular weight excluding hydrogens is 180 g/mol. The van der Waals surface area contributed by atoms with Gasteiger partial charge in [-0.2, -0.15) is 0 Å². The average molecular weight is 196 g/mol. The summed E-state index contributed by atoms with van der Waals surface area (Å²) in [5.74, 6) is -0.0483. The number of rotatable bonds is 6. The van der Waals surface area contributed by atoms with E-state index < -0.39 is 0 Å². The van der Waals surface area contributed by atoms with E-state index in [0.717, 1.165) is 12.0 Å². The Bertz CT molecular complexity index is 254. The Labute approximate surface area is 83.8 Å². The van der Waals surface area contributed by atoms with Crippen molar-refractivity contribution in [2.45, 2.75) is 26.7 Å². The number of allylic oxidation sites excluding steroid dienone is 1. The van der Waals surface area contributed by atoms with E-state index in [1.807, 2.05) is 13.0 Å². The quantitative estimate of drug-likeness (QED) is 0.228. The number of amides is 1. The molecule has 5 heteroatoms. The Morgan fingerprint density at radius 3 is 2.93 bits per heavy atom. The van der Waals surface area contributed by atoms with E-state index in [2.05, 4.69) is 15.3 Å². The summed E-state index contributed by atoms with van der Waals surface area (Å²) in [5, 5.41) is 6.10. The van der Waals surface area contributed by atoms with Gasteiger partial charge in [-0.3, -0.25) is 4.79 Å². The lowest BCUT2D eigenvalue weighted by Gasteiger charge is -2.03. The maximum atomic E-state index is 11.3. The highest BCUT2D eigenvalue weighted by atomic mass is 16.1. The lowest BCUT2D eigenvalue weighted by molar-refractivity contribution is -0.117. The molecule has 1 amide bonds. The molecule has 0 bridgehead atoms. The first-order valence-electron chi connectivity index (χ1n) is 4.68. The van der Waals surface area contributed by atoms with Crippen molar-refractivity contribution < 1.29 is 4.79 Å². The first-order chi connectivity index (χ1) is 6.72. The molecule has 0 aliphatic rings. The van der Waals surface area contributed by atoms with Gasteiger partial charge in [0.25, 0.3) is 0 Å². The number of carbonyl (C=O) groups excluding carboxylic acids is 1.